The molecule has 2 fully saturated rings. The van der Waals surface area contributed by atoms with Gasteiger partial charge in [0.05, 0.1) is 23.8 Å². The lowest BCUT2D eigenvalue weighted by atomic mass is 9.84. The van der Waals surface area contributed by atoms with E-state index in [4.69, 9.17) is 15.3 Å². The zero-order valence-electron chi connectivity index (χ0n) is 28.0. The lowest BCUT2D eigenvalue weighted by Crippen LogP contribution is -2.76. The van der Waals surface area contributed by atoms with Gasteiger partial charge in [-0.3, -0.25) is 9.59 Å². The van der Waals surface area contributed by atoms with Crippen LogP contribution in [0.15, 0.2) is 47.2 Å². The highest BCUT2D eigenvalue weighted by molar-refractivity contribution is 7.80. The number of rotatable bonds is 18. The molecule has 2 aliphatic heterocycles. The smallest absolute Gasteiger partial charge is 0.351 e. The Labute approximate surface area is 297 Å². The number of anilines is 1. The number of amides is 2. The molecule has 3 aromatic rings. The fraction of sp³-hybridized carbons (Fsp3) is 0.467. The van der Waals surface area contributed by atoms with Gasteiger partial charge in [0.15, 0.2) is 17.9 Å². The Morgan fingerprint density at radius 1 is 1.27 bits per heavy atom. The third-order valence-electron chi connectivity index (χ3n) is 8.29. The molecule has 51 heavy (non-hydrogen) atoms. The van der Waals surface area contributed by atoms with Crippen LogP contribution in [0.4, 0.5) is 5.13 Å². The van der Waals surface area contributed by atoms with Crippen molar-refractivity contribution < 1.29 is 51.0 Å². The van der Waals surface area contributed by atoms with Gasteiger partial charge < -0.3 is 40.9 Å². The van der Waals surface area contributed by atoms with E-state index in [1.165, 1.54) is 19.2 Å². The number of carbonyl (C=O) groups excluding carboxylic acids is 2. The number of nitrogen functional groups attached to an aromatic ring is 1. The average molecular weight is 750 g/mol. The normalized spacial score (nSPS) is 18.1. The summed E-state index contributed by atoms with van der Waals surface area (Å²) in [6.07, 6.45) is 3.39. The van der Waals surface area contributed by atoms with Crippen molar-refractivity contribution in [3.8, 4) is 16.9 Å². The molecule has 2 atom stereocenters. The number of nitrogens with zero attached hydrogens (tertiary/aromatic N) is 5. The van der Waals surface area contributed by atoms with E-state index in [1.807, 2.05) is 30.1 Å². The summed E-state index contributed by atoms with van der Waals surface area (Å²) in [5.74, 6) is -2.43. The van der Waals surface area contributed by atoms with Crippen LogP contribution in [0, 0.1) is 5.92 Å². The number of aliphatic carboxylic acids is 1. The molecule has 2 saturated heterocycles. The number of nitrogens with one attached hydrogen (secondary N) is 3. The van der Waals surface area contributed by atoms with E-state index in [9.17, 15) is 32.5 Å². The van der Waals surface area contributed by atoms with Crippen LogP contribution in [0.25, 0.3) is 11.1 Å². The number of hydrogen-bond acceptors (Lipinski definition) is 15. The summed E-state index contributed by atoms with van der Waals surface area (Å²) in [5.41, 5.74) is 5.56. The molecule has 19 nitrogen and oxygen atoms in total. The first-order valence-corrected chi connectivity index (χ1v) is 18.0. The molecule has 0 spiro atoms. The van der Waals surface area contributed by atoms with E-state index in [1.54, 1.807) is 12.1 Å². The number of β-lactam (4-membered cyclic amide) rings is 1. The SMILES string of the molecule is C[n+]1cc(-c2ccc(OC[C@H](O/N=C(/C(=O)N[C@@H]3C(=O)N(OS(=O)(=O)[O-])C3(C)C)c3csc(N)n3)C(=O)O)cc2)cn1CCCNCC1CNC1. The molecular weight excluding hydrogens is 711 g/mol. The number of ether oxygens (including phenoxy) is 1. The van der Waals surface area contributed by atoms with E-state index in [-0.39, 0.29) is 10.8 Å². The molecule has 0 bridgehead atoms. The first-order valence-electron chi connectivity index (χ1n) is 15.8. The molecule has 21 heteroatoms. The molecule has 2 amide bonds. The number of nitrogens with two attached hydrogens (primary N) is 1. The molecular formula is C30H39N9O10S2. The molecule has 0 unspecified atom stereocenters. The molecule has 0 aliphatic carbocycles. The zero-order chi connectivity index (χ0) is 36.9. The molecule has 4 heterocycles. The number of hydrogen-bond donors (Lipinski definition) is 5. The zero-order valence-corrected chi connectivity index (χ0v) is 29.6. The van der Waals surface area contributed by atoms with Crippen molar-refractivity contribution in [2.75, 3.05) is 38.5 Å². The van der Waals surface area contributed by atoms with Gasteiger partial charge in [0, 0.05) is 25.0 Å². The van der Waals surface area contributed by atoms with Gasteiger partial charge in [-0.15, -0.1) is 16.0 Å². The standard InChI is InChI=1S/C30H39N9O10S2/c1-30(2)25(27(41)39(30)49-51(44,45)46)35-26(40)24(22-17-50-29(31)34-22)36-48-23(28(42)43)16-47-21-7-5-19(6-8-21)20-14-37(3)38(15-20)10-4-9-32-11-18-12-33-13-18/h5-8,14-15,17-18,23,25,32-33H,4,9-13,16H2,1-3H3,(H4-,31,34,35,40,42,43,44,45,46)/b36-24+/t23-,25+/m0/s1. The predicted octanol–water partition coefficient (Wildman–Crippen LogP) is -1.03. The maximum absolute atomic E-state index is 13.3. The molecule has 0 saturated carbocycles. The summed E-state index contributed by atoms with van der Waals surface area (Å²) in [5, 5.41) is 24.4. The largest absolute Gasteiger partial charge is 0.724 e. The topological polar surface area (TPSA) is 256 Å². The van der Waals surface area contributed by atoms with Crippen molar-refractivity contribution >= 4 is 50.4 Å². The Bertz CT molecular complexity index is 1870. The number of benzene rings is 1. The van der Waals surface area contributed by atoms with Gasteiger partial charge >= 0.3 is 5.97 Å². The van der Waals surface area contributed by atoms with Gasteiger partial charge in [0.2, 0.25) is 16.6 Å². The molecule has 5 rings (SSSR count). The van der Waals surface area contributed by atoms with Crippen LogP contribution in [-0.4, -0.2) is 107 Å². The Morgan fingerprint density at radius 3 is 2.59 bits per heavy atom. The van der Waals surface area contributed by atoms with E-state index in [2.05, 4.69) is 41.3 Å². The lowest BCUT2D eigenvalue weighted by Gasteiger charge is -2.51. The Hall–Kier alpha value is -4.67. The summed E-state index contributed by atoms with van der Waals surface area (Å²) in [7, 11) is -3.29. The fourth-order valence-electron chi connectivity index (χ4n) is 5.29. The summed E-state index contributed by atoms with van der Waals surface area (Å²) in [6, 6.07) is 5.71. The first kappa shape index (κ1) is 37.6. The second-order valence-corrected chi connectivity index (χ2v) is 14.3. The summed E-state index contributed by atoms with van der Waals surface area (Å²) in [6.45, 7) is 7.16. The minimum absolute atomic E-state index is 0.0579. The van der Waals surface area contributed by atoms with Gasteiger partial charge in [-0.25, -0.2) is 18.2 Å². The van der Waals surface area contributed by atoms with Crippen LogP contribution >= 0.6 is 11.3 Å². The second kappa shape index (κ2) is 15.7. The van der Waals surface area contributed by atoms with E-state index >= 15 is 0 Å². The fourth-order valence-corrected chi connectivity index (χ4v) is 6.29. The van der Waals surface area contributed by atoms with Crippen molar-refractivity contribution in [2.45, 2.75) is 44.5 Å². The Morgan fingerprint density at radius 2 is 2.00 bits per heavy atom. The van der Waals surface area contributed by atoms with Gasteiger partial charge in [-0.05, 0) is 50.4 Å². The number of thiazole rings is 1. The second-order valence-electron chi connectivity index (χ2n) is 12.5. The molecule has 276 valence electrons. The van der Waals surface area contributed by atoms with Gasteiger partial charge in [-0.1, -0.05) is 17.3 Å². The highest BCUT2D eigenvalue weighted by atomic mass is 32.3. The van der Waals surface area contributed by atoms with Crippen LogP contribution in [0.5, 0.6) is 5.75 Å². The molecule has 6 N–H and O–H groups in total. The van der Waals surface area contributed by atoms with Crippen molar-refractivity contribution in [3.05, 3.63) is 47.7 Å². The van der Waals surface area contributed by atoms with E-state index < -0.39 is 58.2 Å². The quantitative estimate of drug-likeness (QED) is 0.0198. The van der Waals surface area contributed by atoms with Crippen LogP contribution in [-0.2, 0) is 47.5 Å². The molecule has 1 aromatic carbocycles. The van der Waals surface area contributed by atoms with E-state index in [0.29, 0.717) is 10.8 Å². The Kier molecular flexibility index (Phi) is 11.6. The molecule has 2 aromatic heterocycles. The maximum Gasteiger partial charge on any atom is 0.351 e. The average Bonchev–Trinajstić information content (AvgIpc) is 3.65. The number of carboxylic acids is 1. The summed E-state index contributed by atoms with van der Waals surface area (Å²) in [4.78, 5) is 47.0. The van der Waals surface area contributed by atoms with Crippen LogP contribution in [0.1, 0.15) is 26.0 Å². The summed E-state index contributed by atoms with van der Waals surface area (Å²) < 4.78 is 47.0. The Balaban J connectivity index is 1.18. The number of hydroxylamine groups is 2. The third kappa shape index (κ3) is 9.36. The number of aryl methyl sites for hydroxylation is 2. The molecule has 0 radical (unpaired) electrons. The first-order chi connectivity index (χ1) is 24.1. The third-order valence-corrected chi connectivity index (χ3v) is 9.30. The van der Waals surface area contributed by atoms with Crippen molar-refractivity contribution in [2.24, 2.45) is 18.1 Å². The monoisotopic (exact) mass is 749 g/mol. The van der Waals surface area contributed by atoms with Gasteiger partial charge in [0.25, 0.3) is 17.9 Å². The summed E-state index contributed by atoms with van der Waals surface area (Å²) >= 11 is 0.959. The van der Waals surface area contributed by atoms with Crippen molar-refractivity contribution in [1.29, 1.82) is 0 Å². The minimum Gasteiger partial charge on any atom is -0.724 e. The number of oxime groups is 1. The number of aromatic nitrogens is 3. The lowest BCUT2D eigenvalue weighted by molar-refractivity contribution is -0.753. The van der Waals surface area contributed by atoms with Crippen LogP contribution in [0.2, 0.25) is 0 Å². The highest BCUT2D eigenvalue weighted by Gasteiger charge is 2.57. The maximum atomic E-state index is 13.3. The van der Waals surface area contributed by atoms with Crippen LogP contribution < -0.4 is 31.1 Å². The predicted molar refractivity (Wildman–Crippen MR) is 180 cm³/mol. The molecule has 2 aliphatic rings. The van der Waals surface area contributed by atoms with Crippen LogP contribution in [0.3, 0.4) is 0 Å². The van der Waals surface area contributed by atoms with E-state index in [0.717, 1.165) is 67.5 Å². The minimum atomic E-state index is -5.27. The van der Waals surface area contributed by atoms with Gasteiger partial charge in [-0.2, -0.15) is 14.0 Å². The number of carbonyl (C=O) groups is 3. The van der Waals surface area contributed by atoms with Crippen molar-refractivity contribution in [1.82, 2.24) is 30.7 Å². The van der Waals surface area contributed by atoms with Crippen molar-refractivity contribution in [3.63, 3.8) is 0 Å². The van der Waals surface area contributed by atoms with Gasteiger partial charge in [0.1, 0.15) is 24.1 Å². The highest BCUT2D eigenvalue weighted by Crippen LogP contribution is 2.33. The number of carboxylic acid groups (broad SMARTS) is 1.